The lowest BCUT2D eigenvalue weighted by Gasteiger charge is -2.09. The molecule has 0 radical (unpaired) electrons. The van der Waals surface area contributed by atoms with E-state index < -0.39 is 10.7 Å². The van der Waals surface area contributed by atoms with E-state index in [-0.39, 0.29) is 22.7 Å². The fourth-order valence-corrected chi connectivity index (χ4v) is 1.96. The predicted molar refractivity (Wildman–Crippen MR) is 72.7 cm³/mol. The van der Waals surface area contributed by atoms with Gasteiger partial charge < -0.3 is 4.74 Å². The fraction of sp³-hybridized carbons (Fsp3) is 0. The van der Waals surface area contributed by atoms with E-state index in [1.165, 1.54) is 24.3 Å². The van der Waals surface area contributed by atoms with Crippen LogP contribution in [0, 0.1) is 15.9 Å². The Kier molecular flexibility index (Phi) is 4.09. The van der Waals surface area contributed by atoms with Crippen LogP contribution in [0.3, 0.4) is 0 Å². The first-order valence-corrected chi connectivity index (χ1v) is 6.17. The summed E-state index contributed by atoms with van der Waals surface area (Å²) in [5, 5.41) is 10.9. The van der Waals surface area contributed by atoms with Crippen molar-refractivity contribution in [2.45, 2.75) is 0 Å². The van der Waals surface area contributed by atoms with E-state index in [9.17, 15) is 19.3 Å². The van der Waals surface area contributed by atoms with Gasteiger partial charge in [-0.2, -0.15) is 0 Å². The predicted octanol–water partition coefficient (Wildman–Crippen LogP) is 4.10. The third kappa shape index (κ3) is 2.83. The molecule has 20 heavy (non-hydrogen) atoms. The van der Waals surface area contributed by atoms with Crippen molar-refractivity contribution in [3.05, 3.63) is 62.4 Å². The number of para-hydroxylation sites is 1. The standard InChI is InChI=1S/C13H7BrFNO4/c14-9-2-1-3-11(16(18)19)13(9)20-12-5-4-8(7-17)6-10(12)15/h1-7H. The smallest absolute Gasteiger partial charge is 0.312 e. The van der Waals surface area contributed by atoms with Crippen LogP contribution in [0.2, 0.25) is 0 Å². The molecule has 0 aliphatic carbocycles. The number of nitrogens with zero attached hydrogens (tertiary/aromatic N) is 1. The van der Waals surface area contributed by atoms with E-state index in [1.54, 1.807) is 6.07 Å². The highest BCUT2D eigenvalue weighted by atomic mass is 79.9. The first-order valence-electron chi connectivity index (χ1n) is 5.38. The Bertz CT molecular complexity index is 690. The molecule has 0 aliphatic heterocycles. The molecule has 0 bridgehead atoms. The van der Waals surface area contributed by atoms with Gasteiger partial charge >= 0.3 is 5.69 Å². The van der Waals surface area contributed by atoms with Crippen molar-refractivity contribution < 1.29 is 18.8 Å². The van der Waals surface area contributed by atoms with E-state index in [0.717, 1.165) is 6.07 Å². The number of hydrogen-bond acceptors (Lipinski definition) is 4. The second-order valence-corrected chi connectivity index (χ2v) is 4.61. The van der Waals surface area contributed by atoms with Crippen molar-refractivity contribution in [3.63, 3.8) is 0 Å². The molecule has 102 valence electrons. The zero-order chi connectivity index (χ0) is 14.7. The number of nitro benzene ring substituents is 1. The lowest BCUT2D eigenvalue weighted by Crippen LogP contribution is -1.96. The molecule has 7 heteroatoms. The van der Waals surface area contributed by atoms with Crippen molar-refractivity contribution in [2.75, 3.05) is 0 Å². The highest BCUT2D eigenvalue weighted by Crippen LogP contribution is 2.38. The maximum absolute atomic E-state index is 13.7. The Labute approximate surface area is 121 Å². The minimum atomic E-state index is -0.778. The molecule has 0 atom stereocenters. The number of carbonyl (C=O) groups is 1. The molecule has 0 aromatic heterocycles. The minimum Gasteiger partial charge on any atom is -0.446 e. The summed E-state index contributed by atoms with van der Waals surface area (Å²) in [5.74, 6) is -1.08. The van der Waals surface area contributed by atoms with Crippen molar-refractivity contribution in [3.8, 4) is 11.5 Å². The Hall–Kier alpha value is -2.28. The Morgan fingerprint density at radius 3 is 2.65 bits per heavy atom. The first kappa shape index (κ1) is 14.1. The maximum atomic E-state index is 13.7. The van der Waals surface area contributed by atoms with Gasteiger partial charge in [0.2, 0.25) is 5.75 Å². The highest BCUT2D eigenvalue weighted by molar-refractivity contribution is 9.10. The van der Waals surface area contributed by atoms with Crippen LogP contribution in [0.25, 0.3) is 0 Å². The lowest BCUT2D eigenvalue weighted by atomic mass is 10.2. The second-order valence-electron chi connectivity index (χ2n) is 3.75. The molecule has 0 saturated heterocycles. The number of carbonyl (C=O) groups excluding carboxylic acids is 1. The number of halogens is 2. The summed E-state index contributed by atoms with van der Waals surface area (Å²) in [6, 6.07) is 7.85. The highest BCUT2D eigenvalue weighted by Gasteiger charge is 2.20. The molecule has 2 aromatic rings. The molecule has 5 nitrogen and oxygen atoms in total. The van der Waals surface area contributed by atoms with Crippen LogP contribution in [0.5, 0.6) is 11.5 Å². The SMILES string of the molecule is O=Cc1ccc(Oc2c(Br)cccc2[N+](=O)[O-])c(F)c1. The topological polar surface area (TPSA) is 69.4 Å². The Morgan fingerprint density at radius 2 is 2.05 bits per heavy atom. The number of benzene rings is 2. The summed E-state index contributed by atoms with van der Waals surface area (Å²) < 4.78 is 19.3. The number of rotatable bonds is 4. The molecule has 0 unspecified atom stereocenters. The molecule has 0 heterocycles. The summed E-state index contributed by atoms with van der Waals surface area (Å²) in [5.41, 5.74) is -0.144. The van der Waals surface area contributed by atoms with Crippen LogP contribution in [-0.2, 0) is 0 Å². The van der Waals surface area contributed by atoms with Gasteiger partial charge in [-0.3, -0.25) is 14.9 Å². The van der Waals surface area contributed by atoms with Gasteiger partial charge in [0.1, 0.15) is 6.29 Å². The molecule has 0 amide bonds. The van der Waals surface area contributed by atoms with Gasteiger partial charge in [0.25, 0.3) is 0 Å². The number of aldehydes is 1. The van der Waals surface area contributed by atoms with Gasteiger partial charge in [-0.1, -0.05) is 6.07 Å². The molecule has 0 spiro atoms. The summed E-state index contributed by atoms with van der Waals surface area (Å²) in [7, 11) is 0. The van der Waals surface area contributed by atoms with E-state index in [4.69, 9.17) is 4.74 Å². The second kappa shape index (κ2) is 5.79. The molecule has 2 rings (SSSR count). The van der Waals surface area contributed by atoms with Crippen LogP contribution in [-0.4, -0.2) is 11.2 Å². The van der Waals surface area contributed by atoms with Gasteiger partial charge in [0.15, 0.2) is 11.6 Å². The summed E-state index contributed by atoms with van der Waals surface area (Å²) in [6.45, 7) is 0. The van der Waals surface area contributed by atoms with Gasteiger partial charge in [-0.15, -0.1) is 0 Å². The Morgan fingerprint density at radius 1 is 1.30 bits per heavy atom. The van der Waals surface area contributed by atoms with Crippen molar-refractivity contribution >= 4 is 27.9 Å². The van der Waals surface area contributed by atoms with Crippen LogP contribution < -0.4 is 4.74 Å². The van der Waals surface area contributed by atoms with Crippen LogP contribution in [0.1, 0.15) is 10.4 Å². The summed E-state index contributed by atoms with van der Waals surface area (Å²) in [6.07, 6.45) is 0.494. The van der Waals surface area contributed by atoms with Gasteiger partial charge in [0.05, 0.1) is 9.40 Å². The molecular weight excluding hydrogens is 333 g/mol. The minimum absolute atomic E-state index is 0.102. The quantitative estimate of drug-likeness (QED) is 0.477. The molecule has 0 N–H and O–H groups in total. The van der Waals surface area contributed by atoms with Crippen LogP contribution in [0.4, 0.5) is 10.1 Å². The van der Waals surface area contributed by atoms with Crippen molar-refractivity contribution in [1.29, 1.82) is 0 Å². The molecule has 2 aromatic carbocycles. The molecule has 0 saturated carbocycles. The van der Waals surface area contributed by atoms with E-state index >= 15 is 0 Å². The average molecular weight is 340 g/mol. The van der Waals surface area contributed by atoms with Crippen LogP contribution >= 0.6 is 15.9 Å². The fourth-order valence-electron chi connectivity index (χ4n) is 1.53. The third-order valence-electron chi connectivity index (χ3n) is 2.45. The number of nitro groups is 1. The van der Waals surface area contributed by atoms with Crippen molar-refractivity contribution in [1.82, 2.24) is 0 Å². The third-order valence-corrected chi connectivity index (χ3v) is 3.07. The lowest BCUT2D eigenvalue weighted by molar-refractivity contribution is -0.385. The Balaban J connectivity index is 2.44. The van der Waals surface area contributed by atoms with Gasteiger partial charge in [0, 0.05) is 11.6 Å². The van der Waals surface area contributed by atoms with E-state index in [0.29, 0.717) is 10.8 Å². The van der Waals surface area contributed by atoms with Gasteiger partial charge in [-0.05, 0) is 40.2 Å². The number of ether oxygens (including phenoxy) is 1. The van der Waals surface area contributed by atoms with E-state index in [1.807, 2.05) is 0 Å². The normalized spacial score (nSPS) is 10.1. The van der Waals surface area contributed by atoms with Crippen LogP contribution in [0.15, 0.2) is 40.9 Å². The molecular formula is C13H7BrFNO4. The van der Waals surface area contributed by atoms with Crippen molar-refractivity contribution in [2.24, 2.45) is 0 Å². The first-order chi connectivity index (χ1) is 9.52. The maximum Gasteiger partial charge on any atom is 0.312 e. The summed E-state index contributed by atoms with van der Waals surface area (Å²) >= 11 is 3.12. The van der Waals surface area contributed by atoms with Gasteiger partial charge in [-0.25, -0.2) is 4.39 Å². The molecule has 0 aliphatic rings. The monoisotopic (exact) mass is 339 g/mol. The summed E-state index contributed by atoms with van der Waals surface area (Å²) in [4.78, 5) is 20.8. The largest absolute Gasteiger partial charge is 0.446 e. The zero-order valence-electron chi connectivity index (χ0n) is 9.88. The molecule has 0 fully saturated rings. The van der Waals surface area contributed by atoms with E-state index in [2.05, 4.69) is 15.9 Å². The average Bonchev–Trinajstić information content (AvgIpc) is 2.42. The number of hydrogen-bond donors (Lipinski definition) is 0. The zero-order valence-corrected chi connectivity index (χ0v) is 11.5.